The Morgan fingerprint density at radius 2 is 1.59 bits per heavy atom. The second-order valence-corrected chi connectivity index (χ2v) is 7.07. The Bertz CT molecular complexity index is 656. The van der Waals surface area contributed by atoms with Crippen molar-refractivity contribution in [3.63, 3.8) is 0 Å². The first-order valence-electron chi connectivity index (χ1n) is 10.7. The van der Waals surface area contributed by atoms with Gasteiger partial charge in [0, 0.05) is 6.42 Å². The largest absolute Gasteiger partial charge is 0.492 e. The maximum Gasteiger partial charge on any atom is 0.234 e. The van der Waals surface area contributed by atoms with E-state index in [4.69, 9.17) is 21.6 Å². The van der Waals surface area contributed by atoms with Gasteiger partial charge >= 0.3 is 0 Å². The summed E-state index contributed by atoms with van der Waals surface area (Å²) in [6.07, 6.45) is 10.9. The molecule has 0 fully saturated rings. The van der Waals surface area contributed by atoms with E-state index >= 15 is 0 Å². The number of nitrogens with two attached hydrogens (primary N) is 2. The highest BCUT2D eigenvalue weighted by Gasteiger charge is 2.23. The molecular formula is C22H37N5O2. The molecule has 1 rings (SSSR count). The fourth-order valence-electron chi connectivity index (χ4n) is 3.16. The first-order valence-corrected chi connectivity index (χ1v) is 10.7. The average molecular weight is 404 g/mol. The van der Waals surface area contributed by atoms with Crippen molar-refractivity contribution in [1.29, 1.82) is 5.41 Å². The number of benzene rings is 1. The first-order chi connectivity index (χ1) is 14.0. The normalized spacial score (nSPS) is 10.4. The number of amides is 1. The molecule has 7 nitrogen and oxygen atoms in total. The molecule has 0 bridgehead atoms. The summed E-state index contributed by atoms with van der Waals surface area (Å²) in [6.45, 7) is 4.54. The second-order valence-electron chi connectivity index (χ2n) is 7.07. The molecule has 0 spiro atoms. The van der Waals surface area contributed by atoms with Gasteiger partial charge in [0.15, 0.2) is 5.96 Å². The van der Waals surface area contributed by atoms with Crippen LogP contribution in [-0.4, -0.2) is 24.4 Å². The number of anilines is 1. The molecule has 0 atom stereocenters. The SMILES string of the molecule is CCCCCCCCCCCC(=O)N(C(=N)N=C(N)N)c1ccccc1OCC. The summed E-state index contributed by atoms with van der Waals surface area (Å²) in [4.78, 5) is 17.9. The molecule has 29 heavy (non-hydrogen) atoms. The summed E-state index contributed by atoms with van der Waals surface area (Å²) < 4.78 is 5.62. The highest BCUT2D eigenvalue weighted by molar-refractivity contribution is 6.18. The number of unbranched alkanes of at least 4 members (excludes halogenated alkanes) is 8. The van der Waals surface area contributed by atoms with E-state index in [9.17, 15) is 4.79 Å². The van der Waals surface area contributed by atoms with Crippen LogP contribution >= 0.6 is 0 Å². The average Bonchev–Trinajstić information content (AvgIpc) is 2.68. The van der Waals surface area contributed by atoms with Crippen molar-refractivity contribution < 1.29 is 9.53 Å². The van der Waals surface area contributed by atoms with E-state index in [1.54, 1.807) is 18.2 Å². The Morgan fingerprint density at radius 3 is 2.17 bits per heavy atom. The van der Waals surface area contributed by atoms with Crippen LogP contribution in [-0.2, 0) is 4.79 Å². The zero-order valence-electron chi connectivity index (χ0n) is 18.0. The summed E-state index contributed by atoms with van der Waals surface area (Å²) >= 11 is 0. The van der Waals surface area contributed by atoms with Crippen LogP contribution in [0, 0.1) is 5.41 Å². The molecule has 7 heteroatoms. The van der Waals surface area contributed by atoms with E-state index in [1.165, 1.54) is 43.4 Å². The number of hydrogen-bond acceptors (Lipinski definition) is 3. The van der Waals surface area contributed by atoms with Gasteiger partial charge in [-0.25, -0.2) is 4.90 Å². The van der Waals surface area contributed by atoms with E-state index in [2.05, 4.69) is 11.9 Å². The lowest BCUT2D eigenvalue weighted by molar-refractivity contribution is -0.117. The number of nitrogens with one attached hydrogen (secondary N) is 1. The number of nitrogens with zero attached hydrogens (tertiary/aromatic N) is 2. The molecule has 0 saturated carbocycles. The highest BCUT2D eigenvalue weighted by atomic mass is 16.5. The summed E-state index contributed by atoms with van der Waals surface area (Å²) in [6, 6.07) is 7.11. The third-order valence-electron chi connectivity index (χ3n) is 4.60. The molecule has 0 radical (unpaired) electrons. The van der Waals surface area contributed by atoms with Crippen molar-refractivity contribution in [2.45, 2.75) is 78.1 Å². The lowest BCUT2D eigenvalue weighted by atomic mass is 10.1. The standard InChI is InChI=1S/C22H37N5O2/c1-3-5-6-7-8-9-10-11-12-17-20(28)27(22(25)26-21(23)24)18-15-13-14-16-19(18)29-4-2/h13-16H,3-12,17H2,1-2H3,(H5,23,24,25,26). The number of ether oxygens (including phenoxy) is 1. The minimum absolute atomic E-state index is 0.213. The van der Waals surface area contributed by atoms with Gasteiger partial charge in [0.1, 0.15) is 5.75 Å². The van der Waals surface area contributed by atoms with Crippen LogP contribution in [0.4, 0.5) is 5.69 Å². The number of aliphatic imine (C=N–C) groups is 1. The third-order valence-corrected chi connectivity index (χ3v) is 4.60. The van der Waals surface area contributed by atoms with E-state index < -0.39 is 0 Å². The molecule has 0 aliphatic carbocycles. The van der Waals surface area contributed by atoms with Gasteiger partial charge in [-0.1, -0.05) is 70.4 Å². The van der Waals surface area contributed by atoms with Crippen LogP contribution in [0.25, 0.3) is 0 Å². The lowest BCUT2D eigenvalue weighted by Crippen LogP contribution is -2.38. The Balaban J connectivity index is 2.67. The number of guanidine groups is 2. The third kappa shape index (κ3) is 9.45. The summed E-state index contributed by atoms with van der Waals surface area (Å²) in [5, 5.41) is 8.20. The van der Waals surface area contributed by atoms with Crippen molar-refractivity contribution in [3.8, 4) is 5.75 Å². The Hall–Kier alpha value is -2.57. The Labute approximate surface area is 175 Å². The molecule has 0 aliphatic rings. The molecule has 0 saturated heterocycles. The minimum Gasteiger partial charge on any atom is -0.492 e. The van der Waals surface area contributed by atoms with Gasteiger partial charge in [-0.05, 0) is 25.5 Å². The van der Waals surface area contributed by atoms with Crippen LogP contribution in [0.15, 0.2) is 29.3 Å². The topological polar surface area (TPSA) is 118 Å². The van der Waals surface area contributed by atoms with Crippen LogP contribution in [0.2, 0.25) is 0 Å². The molecule has 162 valence electrons. The van der Waals surface area contributed by atoms with Gasteiger partial charge in [-0.15, -0.1) is 0 Å². The van der Waals surface area contributed by atoms with Gasteiger partial charge in [0.2, 0.25) is 11.9 Å². The van der Waals surface area contributed by atoms with Crippen molar-refractivity contribution >= 4 is 23.5 Å². The molecule has 0 unspecified atom stereocenters. The van der Waals surface area contributed by atoms with Crippen molar-refractivity contribution in [2.24, 2.45) is 16.5 Å². The van der Waals surface area contributed by atoms with Crippen molar-refractivity contribution in [2.75, 3.05) is 11.5 Å². The Kier molecular flexibility index (Phi) is 12.2. The smallest absolute Gasteiger partial charge is 0.234 e. The van der Waals surface area contributed by atoms with E-state index in [0.717, 1.165) is 19.3 Å². The summed E-state index contributed by atoms with van der Waals surface area (Å²) in [5.74, 6) is -0.260. The predicted octanol–water partition coefficient (Wildman–Crippen LogP) is 4.55. The molecule has 1 aromatic rings. The van der Waals surface area contributed by atoms with Gasteiger partial charge in [0.25, 0.3) is 0 Å². The van der Waals surface area contributed by atoms with E-state index in [-0.39, 0.29) is 17.8 Å². The molecule has 0 heterocycles. The van der Waals surface area contributed by atoms with Crippen LogP contribution in [0.3, 0.4) is 0 Å². The maximum absolute atomic E-state index is 12.9. The van der Waals surface area contributed by atoms with Crippen molar-refractivity contribution in [3.05, 3.63) is 24.3 Å². The van der Waals surface area contributed by atoms with Gasteiger partial charge in [0.05, 0.1) is 12.3 Å². The maximum atomic E-state index is 12.9. The van der Waals surface area contributed by atoms with Gasteiger partial charge in [-0.3, -0.25) is 10.2 Å². The van der Waals surface area contributed by atoms with Crippen molar-refractivity contribution in [1.82, 2.24) is 0 Å². The zero-order valence-corrected chi connectivity index (χ0v) is 18.0. The predicted molar refractivity (Wildman–Crippen MR) is 120 cm³/mol. The molecule has 1 amide bonds. The number of para-hydroxylation sites is 2. The number of carbonyl (C=O) groups excluding carboxylic acids is 1. The lowest BCUT2D eigenvalue weighted by Gasteiger charge is -2.23. The minimum atomic E-state index is -0.307. The summed E-state index contributed by atoms with van der Waals surface area (Å²) in [5.41, 5.74) is 11.3. The molecular weight excluding hydrogens is 366 g/mol. The fraction of sp³-hybridized carbons (Fsp3) is 0.591. The number of carbonyl (C=O) groups is 1. The van der Waals surface area contributed by atoms with Gasteiger partial charge < -0.3 is 16.2 Å². The van der Waals surface area contributed by atoms with Crippen LogP contribution in [0.1, 0.15) is 78.1 Å². The zero-order chi connectivity index (χ0) is 21.5. The highest BCUT2D eigenvalue weighted by Crippen LogP contribution is 2.29. The van der Waals surface area contributed by atoms with Crippen LogP contribution < -0.4 is 21.1 Å². The van der Waals surface area contributed by atoms with E-state index in [1.807, 2.05) is 13.0 Å². The quantitative estimate of drug-likeness (QED) is 0.254. The summed E-state index contributed by atoms with van der Waals surface area (Å²) in [7, 11) is 0. The molecule has 0 aromatic heterocycles. The first kappa shape index (κ1) is 24.5. The molecule has 1 aromatic carbocycles. The van der Waals surface area contributed by atoms with E-state index in [0.29, 0.717) is 24.5 Å². The second kappa shape index (κ2) is 14.4. The van der Waals surface area contributed by atoms with Crippen LogP contribution in [0.5, 0.6) is 5.75 Å². The fourth-order valence-corrected chi connectivity index (χ4v) is 3.16. The molecule has 0 aliphatic heterocycles. The Morgan fingerprint density at radius 1 is 1.00 bits per heavy atom. The monoisotopic (exact) mass is 403 g/mol. The number of rotatable bonds is 13. The molecule has 5 N–H and O–H groups in total. The van der Waals surface area contributed by atoms with Gasteiger partial charge in [-0.2, -0.15) is 4.99 Å². The number of hydrogen-bond donors (Lipinski definition) is 3.